The van der Waals surface area contributed by atoms with Crippen LogP contribution in [0, 0.1) is 0 Å². The van der Waals surface area contributed by atoms with Crippen molar-refractivity contribution in [3.63, 3.8) is 0 Å². The van der Waals surface area contributed by atoms with Gasteiger partial charge in [0.05, 0.1) is 15.9 Å². The van der Waals surface area contributed by atoms with Crippen LogP contribution in [0.5, 0.6) is 0 Å². The van der Waals surface area contributed by atoms with Gasteiger partial charge in [0.15, 0.2) is 0 Å². The molecule has 0 saturated heterocycles. The second kappa shape index (κ2) is 12.9. The number of rotatable bonds is 5. The number of thiophene rings is 1. The molecule has 272 valence electrons. The van der Waals surface area contributed by atoms with E-state index < -0.39 is 0 Å². The summed E-state index contributed by atoms with van der Waals surface area (Å²) in [6, 6.07) is 56.5. The number of furan rings is 1. The maximum atomic E-state index is 6.71. The molecule has 2 aliphatic rings. The van der Waals surface area contributed by atoms with E-state index in [9.17, 15) is 0 Å². The van der Waals surface area contributed by atoms with E-state index in [2.05, 4.69) is 173 Å². The third kappa shape index (κ3) is 5.22. The highest BCUT2D eigenvalue weighted by Crippen LogP contribution is 2.43. The smallest absolute Gasteiger partial charge is 0.142 e. The summed E-state index contributed by atoms with van der Waals surface area (Å²) in [5, 5.41) is 13.5. The standard InChI is InChI=1S/C51H36N4OS/c1-3-13-31(14-4-1)49-52-50(32-15-5-2-6-16-32)54-51(53-49)39-21-11-19-37-40-29-33(25-27-45(40)56-47(37)39)34-26-28-46-41(30-34)38-20-12-24-44(48(38)57-46)55-42-22-9-7-17-35(42)36-18-8-10-23-43(36)55/h1-7,9-17,19-30,49,51,53H,8,18H2,(H,52,54). The molecule has 7 aromatic carbocycles. The molecule has 0 fully saturated rings. The molecule has 10 aromatic rings. The second-order valence-corrected chi connectivity index (χ2v) is 16.1. The van der Waals surface area contributed by atoms with Gasteiger partial charge in [0.25, 0.3) is 0 Å². The summed E-state index contributed by atoms with van der Waals surface area (Å²) in [4.78, 5) is 5.22. The number of nitrogens with one attached hydrogen (secondary N) is 2. The Hall–Kier alpha value is -6.73. The number of fused-ring (bicyclic) bond motifs is 9. The van der Waals surface area contributed by atoms with E-state index in [4.69, 9.17) is 9.41 Å². The average Bonchev–Trinajstić information content (AvgIpc) is 3.96. The minimum absolute atomic E-state index is 0.126. The van der Waals surface area contributed by atoms with Crippen LogP contribution < -0.4 is 10.6 Å². The number of allylic oxidation sites excluding steroid dienone is 1. The van der Waals surface area contributed by atoms with Crippen LogP contribution in [-0.4, -0.2) is 10.4 Å². The number of hydrogen-bond acceptors (Lipinski definition) is 5. The highest BCUT2D eigenvalue weighted by atomic mass is 32.1. The molecule has 2 unspecified atom stereocenters. The van der Waals surface area contributed by atoms with Gasteiger partial charge < -0.3 is 14.3 Å². The molecule has 57 heavy (non-hydrogen) atoms. The van der Waals surface area contributed by atoms with Crippen molar-refractivity contribution < 1.29 is 4.42 Å². The highest BCUT2D eigenvalue weighted by molar-refractivity contribution is 7.26. The van der Waals surface area contributed by atoms with E-state index in [0.717, 1.165) is 62.9 Å². The molecule has 0 saturated carbocycles. The van der Waals surface area contributed by atoms with Crippen LogP contribution in [-0.2, 0) is 6.42 Å². The summed E-state index contributed by atoms with van der Waals surface area (Å²) in [7, 11) is 0. The zero-order valence-corrected chi connectivity index (χ0v) is 31.8. The Kier molecular flexibility index (Phi) is 7.37. The summed E-state index contributed by atoms with van der Waals surface area (Å²) >= 11 is 1.89. The Bertz CT molecular complexity index is 3260. The zero-order chi connectivity index (χ0) is 37.5. The molecule has 0 amide bonds. The van der Waals surface area contributed by atoms with Gasteiger partial charge in [-0.25, -0.2) is 4.99 Å². The Morgan fingerprint density at radius 1 is 0.649 bits per heavy atom. The number of hydrogen-bond donors (Lipinski definition) is 2. The molecule has 1 aliphatic heterocycles. The number of para-hydroxylation sites is 2. The number of amidine groups is 1. The van der Waals surface area contributed by atoms with Gasteiger partial charge in [-0.05, 0) is 77.6 Å². The Labute approximate surface area is 333 Å². The van der Waals surface area contributed by atoms with Crippen molar-refractivity contribution in [3.05, 3.63) is 192 Å². The second-order valence-electron chi connectivity index (χ2n) is 15.1. The lowest BCUT2D eigenvalue weighted by atomic mass is 9.99. The fourth-order valence-corrected chi connectivity index (χ4v) is 10.3. The summed E-state index contributed by atoms with van der Waals surface area (Å²) in [6.45, 7) is 0. The number of benzene rings is 7. The van der Waals surface area contributed by atoms with Crippen molar-refractivity contribution in [2.75, 3.05) is 0 Å². The monoisotopic (exact) mass is 752 g/mol. The molecule has 4 heterocycles. The van der Waals surface area contributed by atoms with Crippen molar-refractivity contribution >= 4 is 76.3 Å². The predicted molar refractivity (Wildman–Crippen MR) is 237 cm³/mol. The van der Waals surface area contributed by atoms with Crippen LogP contribution in [0.25, 0.3) is 75.9 Å². The molecule has 12 rings (SSSR count). The van der Waals surface area contributed by atoms with Crippen LogP contribution in [0.15, 0.2) is 173 Å². The number of aryl methyl sites for hydroxylation is 1. The predicted octanol–water partition coefficient (Wildman–Crippen LogP) is 12.9. The molecule has 2 N–H and O–H groups in total. The minimum atomic E-state index is -0.319. The largest absolute Gasteiger partial charge is 0.456 e. The van der Waals surface area contributed by atoms with Gasteiger partial charge in [-0.15, -0.1) is 11.3 Å². The van der Waals surface area contributed by atoms with Crippen molar-refractivity contribution in [2.24, 2.45) is 4.99 Å². The third-order valence-electron chi connectivity index (χ3n) is 11.8. The van der Waals surface area contributed by atoms with Crippen LogP contribution in [0.2, 0.25) is 0 Å². The molecule has 1 aliphatic carbocycles. The van der Waals surface area contributed by atoms with E-state index in [0.29, 0.717) is 0 Å². The number of aromatic nitrogens is 1. The summed E-state index contributed by atoms with van der Waals surface area (Å²) < 4.78 is 11.8. The average molecular weight is 753 g/mol. The first-order chi connectivity index (χ1) is 28.2. The first-order valence-corrected chi connectivity index (χ1v) is 20.5. The molecule has 0 radical (unpaired) electrons. The van der Waals surface area contributed by atoms with Crippen molar-refractivity contribution in [3.8, 4) is 16.8 Å². The molecule has 5 nitrogen and oxygen atoms in total. The van der Waals surface area contributed by atoms with Crippen molar-refractivity contribution in [1.82, 2.24) is 15.2 Å². The highest BCUT2D eigenvalue weighted by Gasteiger charge is 2.28. The van der Waals surface area contributed by atoms with Gasteiger partial charge in [0, 0.05) is 48.5 Å². The molecular formula is C51H36N4OS. The third-order valence-corrected chi connectivity index (χ3v) is 13.0. The number of nitrogens with zero attached hydrogens (tertiary/aromatic N) is 2. The van der Waals surface area contributed by atoms with Crippen LogP contribution >= 0.6 is 11.3 Å². The number of aliphatic imine (C=N–C) groups is 1. The maximum Gasteiger partial charge on any atom is 0.142 e. The SMILES string of the molecule is C1=Cc2c(c3ccccc3n2-c2cccc3c2sc2ccc(-c4ccc5oc6c(C7N=C(c8ccccc8)NC(c8ccccc8)N7)cccc6c5c4)cc23)CC1. The first kappa shape index (κ1) is 32.5. The van der Waals surface area contributed by atoms with E-state index in [1.54, 1.807) is 0 Å². The zero-order valence-electron chi connectivity index (χ0n) is 30.9. The minimum Gasteiger partial charge on any atom is -0.456 e. The molecule has 6 heteroatoms. The first-order valence-electron chi connectivity index (χ1n) is 19.7. The quantitative estimate of drug-likeness (QED) is 0.184. The van der Waals surface area contributed by atoms with Crippen LogP contribution in [0.4, 0.5) is 0 Å². The van der Waals surface area contributed by atoms with Gasteiger partial charge in [-0.1, -0.05) is 127 Å². The topological polar surface area (TPSA) is 54.5 Å². The molecule has 3 aromatic heterocycles. The normalized spacial score (nSPS) is 16.7. The Morgan fingerprint density at radius 3 is 2.30 bits per heavy atom. The fourth-order valence-electron chi connectivity index (χ4n) is 9.08. The lowest BCUT2D eigenvalue weighted by Gasteiger charge is -2.32. The van der Waals surface area contributed by atoms with E-state index in [1.807, 2.05) is 23.5 Å². The summed E-state index contributed by atoms with van der Waals surface area (Å²) in [6.07, 6.45) is 6.36. The van der Waals surface area contributed by atoms with Crippen LogP contribution in [0.1, 0.15) is 46.7 Å². The van der Waals surface area contributed by atoms with Gasteiger partial charge in [0.1, 0.15) is 29.3 Å². The Balaban J connectivity index is 0.955. The lowest BCUT2D eigenvalue weighted by Crippen LogP contribution is -2.44. The van der Waals surface area contributed by atoms with E-state index in [-0.39, 0.29) is 12.3 Å². The van der Waals surface area contributed by atoms with Gasteiger partial charge in [0.2, 0.25) is 0 Å². The van der Waals surface area contributed by atoms with Crippen LogP contribution in [0.3, 0.4) is 0 Å². The summed E-state index contributed by atoms with van der Waals surface area (Å²) in [5.41, 5.74) is 12.6. The summed E-state index contributed by atoms with van der Waals surface area (Å²) in [5.74, 6) is 0.852. The fraction of sp³-hybridized carbons (Fsp3) is 0.0784. The molecular weight excluding hydrogens is 717 g/mol. The van der Waals surface area contributed by atoms with Gasteiger partial charge in [-0.3, -0.25) is 5.32 Å². The van der Waals surface area contributed by atoms with Crippen molar-refractivity contribution in [1.29, 1.82) is 0 Å². The maximum absolute atomic E-state index is 6.71. The van der Waals surface area contributed by atoms with E-state index in [1.165, 1.54) is 53.6 Å². The molecule has 0 bridgehead atoms. The van der Waals surface area contributed by atoms with Gasteiger partial charge in [-0.2, -0.15) is 0 Å². The van der Waals surface area contributed by atoms with Gasteiger partial charge >= 0.3 is 0 Å². The Morgan fingerprint density at radius 2 is 1.40 bits per heavy atom. The lowest BCUT2D eigenvalue weighted by molar-refractivity contribution is 0.408. The molecule has 2 atom stereocenters. The molecule has 0 spiro atoms. The van der Waals surface area contributed by atoms with E-state index >= 15 is 0 Å². The van der Waals surface area contributed by atoms with Crippen molar-refractivity contribution in [2.45, 2.75) is 25.2 Å².